The monoisotopic (exact) mass is 609 g/mol. The SMILES string of the molecule is COc1ccc(O[C@H]2C=C[C@@H](c3ccccc3)O[C@@H]2CO/N=C2\c3cc(OC)ccc3O[C@H](c3cccc(OC)c3)[C@H]2O)cc1. The average Bonchev–Trinajstić information content (AvgIpc) is 3.10. The van der Waals surface area contributed by atoms with E-state index in [1.807, 2.05) is 91.0 Å². The number of hydrogen-bond donors (Lipinski definition) is 1. The van der Waals surface area contributed by atoms with Gasteiger partial charge in [0.15, 0.2) is 6.10 Å². The zero-order chi connectivity index (χ0) is 31.2. The Balaban J connectivity index is 1.27. The first-order valence-electron chi connectivity index (χ1n) is 14.6. The molecule has 4 aromatic carbocycles. The molecule has 0 amide bonds. The summed E-state index contributed by atoms with van der Waals surface area (Å²) in [6.07, 6.45) is 0.791. The number of aliphatic hydroxyl groups is 1. The largest absolute Gasteiger partial charge is 0.497 e. The van der Waals surface area contributed by atoms with Gasteiger partial charge in [-0.2, -0.15) is 0 Å². The Kier molecular flexibility index (Phi) is 9.19. The molecule has 6 rings (SSSR count). The molecule has 0 saturated heterocycles. The summed E-state index contributed by atoms with van der Waals surface area (Å²) in [5, 5.41) is 16.1. The second kappa shape index (κ2) is 13.8. The van der Waals surface area contributed by atoms with Crippen molar-refractivity contribution in [1.29, 1.82) is 0 Å². The molecule has 2 aliphatic heterocycles. The number of benzene rings is 4. The van der Waals surface area contributed by atoms with E-state index in [2.05, 4.69) is 5.16 Å². The Morgan fingerprint density at radius 2 is 1.40 bits per heavy atom. The van der Waals surface area contributed by atoms with Crippen molar-refractivity contribution in [3.05, 3.63) is 126 Å². The molecule has 232 valence electrons. The van der Waals surface area contributed by atoms with Crippen molar-refractivity contribution in [2.24, 2.45) is 5.16 Å². The maximum atomic E-state index is 11.6. The fourth-order valence-corrected chi connectivity index (χ4v) is 5.33. The fraction of sp³-hybridized carbons (Fsp3) is 0.250. The summed E-state index contributed by atoms with van der Waals surface area (Å²) in [5.74, 6) is 3.17. The Morgan fingerprint density at radius 1 is 0.711 bits per heavy atom. The van der Waals surface area contributed by atoms with Gasteiger partial charge >= 0.3 is 0 Å². The van der Waals surface area contributed by atoms with E-state index >= 15 is 0 Å². The molecular weight excluding hydrogens is 574 g/mol. The third-order valence-corrected chi connectivity index (χ3v) is 7.73. The van der Waals surface area contributed by atoms with Gasteiger partial charge < -0.3 is 38.4 Å². The number of aliphatic hydroxyl groups excluding tert-OH is 1. The minimum Gasteiger partial charge on any atom is -0.497 e. The summed E-state index contributed by atoms with van der Waals surface area (Å²) in [4.78, 5) is 5.98. The summed E-state index contributed by atoms with van der Waals surface area (Å²) in [6, 6.07) is 30.0. The van der Waals surface area contributed by atoms with Crippen LogP contribution in [0, 0.1) is 0 Å². The summed E-state index contributed by atoms with van der Waals surface area (Å²) in [5.41, 5.74) is 2.62. The first kappa shape index (κ1) is 30.1. The van der Waals surface area contributed by atoms with Gasteiger partial charge in [0.1, 0.15) is 65.5 Å². The van der Waals surface area contributed by atoms with Crippen molar-refractivity contribution in [3.63, 3.8) is 0 Å². The zero-order valence-electron chi connectivity index (χ0n) is 25.2. The van der Waals surface area contributed by atoms with Crippen LogP contribution in [-0.4, -0.2) is 57.1 Å². The highest BCUT2D eigenvalue weighted by Gasteiger charge is 2.37. The number of rotatable bonds is 10. The van der Waals surface area contributed by atoms with E-state index in [0.29, 0.717) is 34.3 Å². The summed E-state index contributed by atoms with van der Waals surface area (Å²) in [7, 11) is 4.79. The molecule has 0 aromatic heterocycles. The van der Waals surface area contributed by atoms with E-state index in [-0.39, 0.29) is 12.7 Å². The Labute approximate surface area is 262 Å². The fourth-order valence-electron chi connectivity index (χ4n) is 5.33. The Bertz CT molecular complexity index is 1640. The van der Waals surface area contributed by atoms with E-state index in [1.54, 1.807) is 39.5 Å². The van der Waals surface area contributed by atoms with Gasteiger partial charge in [0, 0.05) is 5.56 Å². The van der Waals surface area contributed by atoms with Gasteiger partial charge in [-0.25, -0.2) is 0 Å². The van der Waals surface area contributed by atoms with Crippen LogP contribution in [0.1, 0.15) is 28.9 Å². The van der Waals surface area contributed by atoms with E-state index in [0.717, 1.165) is 16.9 Å². The molecule has 0 bridgehead atoms. The van der Waals surface area contributed by atoms with Gasteiger partial charge in [-0.05, 0) is 71.8 Å². The third kappa shape index (κ3) is 6.74. The van der Waals surface area contributed by atoms with E-state index in [4.69, 9.17) is 33.3 Å². The molecule has 9 nitrogen and oxygen atoms in total. The van der Waals surface area contributed by atoms with Crippen LogP contribution in [0.4, 0.5) is 0 Å². The molecule has 9 heteroatoms. The number of hydrogen-bond acceptors (Lipinski definition) is 9. The van der Waals surface area contributed by atoms with Crippen molar-refractivity contribution in [3.8, 4) is 28.7 Å². The number of ether oxygens (including phenoxy) is 6. The molecule has 5 atom stereocenters. The predicted molar refractivity (Wildman–Crippen MR) is 168 cm³/mol. The van der Waals surface area contributed by atoms with Crippen LogP contribution >= 0.6 is 0 Å². The topological polar surface area (TPSA) is 97.2 Å². The minimum absolute atomic E-state index is 0.0503. The molecule has 4 aromatic rings. The molecule has 2 aliphatic rings. The molecule has 0 spiro atoms. The summed E-state index contributed by atoms with van der Waals surface area (Å²) < 4.78 is 35.2. The Morgan fingerprint density at radius 3 is 2.16 bits per heavy atom. The molecule has 0 unspecified atom stereocenters. The van der Waals surface area contributed by atoms with E-state index in [9.17, 15) is 5.11 Å². The smallest absolute Gasteiger partial charge is 0.156 e. The van der Waals surface area contributed by atoms with Gasteiger partial charge in [-0.15, -0.1) is 0 Å². The maximum Gasteiger partial charge on any atom is 0.156 e. The number of oxime groups is 1. The van der Waals surface area contributed by atoms with Crippen molar-refractivity contribution in [2.75, 3.05) is 27.9 Å². The first-order valence-corrected chi connectivity index (χ1v) is 14.6. The lowest BCUT2D eigenvalue weighted by Gasteiger charge is -2.33. The van der Waals surface area contributed by atoms with Gasteiger partial charge in [0.25, 0.3) is 0 Å². The van der Waals surface area contributed by atoms with Crippen LogP contribution in [0.25, 0.3) is 0 Å². The molecule has 0 radical (unpaired) electrons. The standard InChI is InChI=1S/C36H35NO8/c1-39-25-12-14-26(15-13-25)43-32-19-18-30(23-8-5-4-6-9-23)44-33(32)22-42-37-34-29-21-28(41-3)16-17-31(29)45-36(35(34)38)24-10-7-11-27(20-24)40-2/h4-21,30,32-33,35-36,38H,22H2,1-3H3/b37-34+/t30-,32-,33+,35-,36+/m0/s1. The molecule has 0 saturated carbocycles. The second-order valence-corrected chi connectivity index (χ2v) is 10.5. The van der Waals surface area contributed by atoms with Crippen molar-refractivity contribution < 1.29 is 38.4 Å². The maximum absolute atomic E-state index is 11.6. The lowest BCUT2D eigenvalue weighted by molar-refractivity contribution is -0.0882. The summed E-state index contributed by atoms with van der Waals surface area (Å²) in [6.45, 7) is 0.0503. The van der Waals surface area contributed by atoms with Crippen LogP contribution in [0.5, 0.6) is 28.7 Å². The number of methoxy groups -OCH3 is 3. The lowest BCUT2D eigenvalue weighted by Crippen LogP contribution is -2.40. The van der Waals surface area contributed by atoms with Gasteiger partial charge in [-0.3, -0.25) is 0 Å². The van der Waals surface area contributed by atoms with Gasteiger partial charge in [-0.1, -0.05) is 53.7 Å². The molecule has 45 heavy (non-hydrogen) atoms. The van der Waals surface area contributed by atoms with E-state index in [1.165, 1.54) is 0 Å². The van der Waals surface area contributed by atoms with E-state index < -0.39 is 24.4 Å². The van der Waals surface area contributed by atoms with Crippen LogP contribution in [0.2, 0.25) is 0 Å². The normalized spacial score (nSPS) is 23.0. The van der Waals surface area contributed by atoms with Crippen molar-refractivity contribution in [2.45, 2.75) is 30.5 Å². The van der Waals surface area contributed by atoms with Crippen LogP contribution < -0.4 is 23.7 Å². The number of fused-ring (bicyclic) bond motifs is 1. The highest BCUT2D eigenvalue weighted by Crippen LogP contribution is 2.38. The second-order valence-electron chi connectivity index (χ2n) is 10.5. The predicted octanol–water partition coefficient (Wildman–Crippen LogP) is 6.07. The van der Waals surface area contributed by atoms with Gasteiger partial charge in [0.05, 0.1) is 21.3 Å². The van der Waals surface area contributed by atoms with Gasteiger partial charge in [0.2, 0.25) is 0 Å². The zero-order valence-corrected chi connectivity index (χ0v) is 25.2. The van der Waals surface area contributed by atoms with Crippen LogP contribution in [0.3, 0.4) is 0 Å². The molecule has 0 aliphatic carbocycles. The number of nitrogens with zero attached hydrogens (tertiary/aromatic N) is 1. The average molecular weight is 610 g/mol. The Hall–Kier alpha value is -4.99. The highest BCUT2D eigenvalue weighted by atomic mass is 16.6. The summed E-state index contributed by atoms with van der Waals surface area (Å²) >= 11 is 0. The van der Waals surface area contributed by atoms with Crippen molar-refractivity contribution in [1.82, 2.24) is 0 Å². The molecule has 0 fully saturated rings. The van der Waals surface area contributed by atoms with Crippen LogP contribution in [-0.2, 0) is 9.57 Å². The first-order chi connectivity index (χ1) is 22.1. The molecule has 2 heterocycles. The van der Waals surface area contributed by atoms with Crippen molar-refractivity contribution >= 4 is 5.71 Å². The molecule has 1 N–H and O–H groups in total. The lowest BCUT2D eigenvalue weighted by atomic mass is 9.92. The molecular formula is C36H35NO8. The van der Waals surface area contributed by atoms with Crippen LogP contribution in [0.15, 0.2) is 114 Å². The quantitative estimate of drug-likeness (QED) is 0.171. The highest BCUT2D eigenvalue weighted by molar-refractivity contribution is 6.07. The minimum atomic E-state index is -1.15. The third-order valence-electron chi connectivity index (χ3n) is 7.73.